The van der Waals surface area contributed by atoms with E-state index in [0.717, 1.165) is 34.7 Å². The maximum absolute atomic E-state index is 6.34. The number of fused-ring (bicyclic) bond motifs is 1. The second-order valence-corrected chi connectivity index (χ2v) is 8.15. The summed E-state index contributed by atoms with van der Waals surface area (Å²) in [4.78, 5) is 4.70. The Balaban J connectivity index is 2.36. The number of nitrogens with zero attached hydrogens (tertiary/aromatic N) is 2. The van der Waals surface area contributed by atoms with Gasteiger partial charge in [0.05, 0.1) is 22.1 Å². The molecule has 0 aliphatic rings. The van der Waals surface area contributed by atoms with Gasteiger partial charge in [-0.15, -0.1) is 11.6 Å². The molecule has 0 aliphatic carbocycles. The predicted molar refractivity (Wildman–Crippen MR) is 106 cm³/mol. The van der Waals surface area contributed by atoms with Crippen LogP contribution in [0.5, 0.6) is 0 Å². The molecule has 3 rings (SSSR count). The Kier molecular flexibility index (Phi) is 4.69. The molecule has 6 heteroatoms. The number of imidazole rings is 1. The smallest absolute Gasteiger partial charge is 0.132 e. The fourth-order valence-corrected chi connectivity index (χ4v) is 3.99. The number of alkyl halides is 1. The molecular formula is C15H10Cl2I2N2. The molecule has 0 fully saturated rings. The van der Waals surface area contributed by atoms with Crippen LogP contribution in [0.2, 0.25) is 5.02 Å². The zero-order valence-corrected chi connectivity index (χ0v) is 16.8. The standard InChI is InChI=1S/C15H10Cl2I2N2/c1-8(16)15-20-12-7-10(18)3-5-14(12)21(15)13-4-2-9(17)6-11(13)19/h2-8H,1H3. The molecule has 0 N–H and O–H groups in total. The zero-order valence-electron chi connectivity index (χ0n) is 10.9. The van der Waals surface area contributed by atoms with Gasteiger partial charge in [-0.2, -0.15) is 0 Å². The lowest BCUT2D eigenvalue weighted by atomic mass is 10.2. The molecule has 108 valence electrons. The van der Waals surface area contributed by atoms with Gasteiger partial charge in [-0.3, -0.25) is 4.57 Å². The quantitative estimate of drug-likeness (QED) is 0.279. The molecule has 2 aromatic carbocycles. The summed E-state index contributed by atoms with van der Waals surface area (Å²) in [5.41, 5.74) is 3.06. The van der Waals surface area contributed by atoms with Crippen LogP contribution in [-0.2, 0) is 0 Å². The van der Waals surface area contributed by atoms with Crippen molar-refractivity contribution in [1.29, 1.82) is 0 Å². The van der Waals surface area contributed by atoms with Crippen molar-refractivity contribution >= 4 is 79.4 Å². The summed E-state index contributed by atoms with van der Waals surface area (Å²) >= 11 is 17.0. The van der Waals surface area contributed by atoms with Crippen molar-refractivity contribution in [3.63, 3.8) is 0 Å². The number of rotatable bonds is 2. The van der Waals surface area contributed by atoms with E-state index in [1.807, 2.05) is 25.1 Å². The lowest BCUT2D eigenvalue weighted by Gasteiger charge is -2.12. The van der Waals surface area contributed by atoms with Gasteiger partial charge in [0.15, 0.2) is 0 Å². The van der Waals surface area contributed by atoms with Gasteiger partial charge in [0.25, 0.3) is 0 Å². The fourth-order valence-electron chi connectivity index (χ4n) is 2.25. The van der Waals surface area contributed by atoms with Gasteiger partial charge >= 0.3 is 0 Å². The van der Waals surface area contributed by atoms with Crippen LogP contribution in [0.15, 0.2) is 36.4 Å². The van der Waals surface area contributed by atoms with E-state index < -0.39 is 0 Å². The SMILES string of the molecule is CC(Cl)c1nc2cc(I)ccc2n1-c1ccc(Cl)cc1I. The van der Waals surface area contributed by atoms with Crippen LogP contribution in [0.1, 0.15) is 18.1 Å². The van der Waals surface area contributed by atoms with Crippen LogP contribution in [0.25, 0.3) is 16.7 Å². The van der Waals surface area contributed by atoms with Crippen LogP contribution < -0.4 is 0 Å². The number of aromatic nitrogens is 2. The molecule has 0 amide bonds. The van der Waals surface area contributed by atoms with Crippen LogP contribution in [0.3, 0.4) is 0 Å². The van der Waals surface area contributed by atoms with Gasteiger partial charge in [0, 0.05) is 12.2 Å². The van der Waals surface area contributed by atoms with E-state index in [1.54, 1.807) is 0 Å². The molecule has 1 atom stereocenters. The molecule has 0 bridgehead atoms. The largest absolute Gasteiger partial charge is 0.294 e. The molecule has 1 unspecified atom stereocenters. The van der Waals surface area contributed by atoms with Crippen molar-refractivity contribution in [1.82, 2.24) is 9.55 Å². The molecule has 1 heterocycles. The monoisotopic (exact) mass is 542 g/mol. The average Bonchev–Trinajstić information content (AvgIpc) is 2.77. The maximum Gasteiger partial charge on any atom is 0.132 e. The Morgan fingerprint density at radius 2 is 1.90 bits per heavy atom. The van der Waals surface area contributed by atoms with Crippen molar-refractivity contribution in [2.24, 2.45) is 0 Å². The normalized spacial score (nSPS) is 12.8. The van der Waals surface area contributed by atoms with Crippen molar-refractivity contribution in [2.45, 2.75) is 12.3 Å². The van der Waals surface area contributed by atoms with E-state index in [1.165, 1.54) is 0 Å². The second-order valence-electron chi connectivity index (χ2n) is 4.65. The van der Waals surface area contributed by atoms with E-state index in [2.05, 4.69) is 67.9 Å². The van der Waals surface area contributed by atoms with Crippen LogP contribution in [0.4, 0.5) is 0 Å². The minimum absolute atomic E-state index is 0.179. The molecule has 0 aliphatic heterocycles. The highest BCUT2D eigenvalue weighted by atomic mass is 127. The Morgan fingerprint density at radius 3 is 2.57 bits per heavy atom. The summed E-state index contributed by atoms with van der Waals surface area (Å²) < 4.78 is 4.34. The van der Waals surface area contributed by atoms with E-state index in [9.17, 15) is 0 Å². The van der Waals surface area contributed by atoms with Gasteiger partial charge in [0.2, 0.25) is 0 Å². The Labute approximate surface area is 160 Å². The van der Waals surface area contributed by atoms with E-state index in [0.29, 0.717) is 0 Å². The molecule has 2 nitrogen and oxygen atoms in total. The molecule has 0 saturated carbocycles. The highest BCUT2D eigenvalue weighted by Gasteiger charge is 2.18. The van der Waals surface area contributed by atoms with Crippen LogP contribution in [0, 0.1) is 7.14 Å². The summed E-state index contributed by atoms with van der Waals surface area (Å²) in [6.45, 7) is 1.94. The van der Waals surface area contributed by atoms with Crippen molar-refractivity contribution in [3.8, 4) is 5.69 Å². The predicted octanol–water partition coefficient (Wildman–Crippen LogP) is 6.19. The minimum atomic E-state index is -0.179. The van der Waals surface area contributed by atoms with Gasteiger partial charge in [-0.1, -0.05) is 11.6 Å². The van der Waals surface area contributed by atoms with Crippen LogP contribution in [-0.4, -0.2) is 9.55 Å². The zero-order chi connectivity index (χ0) is 15.1. The third kappa shape index (κ3) is 3.04. The molecule has 0 saturated heterocycles. The van der Waals surface area contributed by atoms with Crippen molar-refractivity contribution < 1.29 is 0 Å². The third-order valence-electron chi connectivity index (χ3n) is 3.15. The molecule has 0 radical (unpaired) electrons. The number of benzene rings is 2. The van der Waals surface area contributed by atoms with E-state index >= 15 is 0 Å². The van der Waals surface area contributed by atoms with Crippen molar-refractivity contribution in [2.75, 3.05) is 0 Å². The molecule has 3 aromatic rings. The Bertz CT molecular complexity index is 828. The molecular weight excluding hydrogens is 533 g/mol. The number of hydrogen-bond donors (Lipinski definition) is 0. The van der Waals surface area contributed by atoms with E-state index in [-0.39, 0.29) is 5.38 Å². The Hall–Kier alpha value is -0.0500. The summed E-state index contributed by atoms with van der Waals surface area (Å²) in [6.07, 6.45) is 0. The van der Waals surface area contributed by atoms with Gasteiger partial charge in [0.1, 0.15) is 5.82 Å². The lowest BCUT2D eigenvalue weighted by molar-refractivity contribution is 0.880. The van der Waals surface area contributed by atoms with Crippen molar-refractivity contribution in [3.05, 3.63) is 54.4 Å². The first-order valence-electron chi connectivity index (χ1n) is 6.25. The molecule has 21 heavy (non-hydrogen) atoms. The second kappa shape index (κ2) is 6.22. The first-order valence-corrected chi connectivity index (χ1v) is 9.22. The highest BCUT2D eigenvalue weighted by molar-refractivity contribution is 14.1. The summed E-state index contributed by atoms with van der Waals surface area (Å²) in [5, 5.41) is 0.545. The van der Waals surface area contributed by atoms with Gasteiger partial charge in [-0.05, 0) is 88.5 Å². The highest BCUT2D eigenvalue weighted by Crippen LogP contribution is 2.31. The lowest BCUT2D eigenvalue weighted by Crippen LogP contribution is -2.03. The van der Waals surface area contributed by atoms with Gasteiger partial charge in [-0.25, -0.2) is 4.98 Å². The number of hydrogen-bond acceptors (Lipinski definition) is 1. The first-order chi connectivity index (χ1) is 9.97. The fraction of sp³-hybridized carbons (Fsp3) is 0.133. The van der Waals surface area contributed by atoms with Gasteiger partial charge < -0.3 is 0 Å². The molecule has 1 aromatic heterocycles. The summed E-state index contributed by atoms with van der Waals surface area (Å²) in [5.74, 6) is 0.842. The maximum atomic E-state index is 6.34. The topological polar surface area (TPSA) is 17.8 Å². The Morgan fingerprint density at radius 1 is 1.14 bits per heavy atom. The first kappa shape index (κ1) is 15.8. The summed E-state index contributed by atoms with van der Waals surface area (Å²) in [7, 11) is 0. The third-order valence-corrected chi connectivity index (χ3v) is 5.11. The summed E-state index contributed by atoms with van der Waals surface area (Å²) in [6, 6.07) is 12.1. The molecule has 0 spiro atoms. The minimum Gasteiger partial charge on any atom is -0.294 e. The van der Waals surface area contributed by atoms with E-state index in [4.69, 9.17) is 28.2 Å². The average molecular weight is 543 g/mol. The number of halogens is 4. The van der Waals surface area contributed by atoms with Crippen LogP contribution >= 0.6 is 68.4 Å².